The smallest absolute Gasteiger partial charge is 0.245 e. The maximum atomic E-state index is 12.6. The molecule has 158 valence electrons. The molecule has 2 aliphatic heterocycles. The average molecular weight is 410 g/mol. The molecule has 0 aromatic heterocycles. The van der Waals surface area contributed by atoms with Crippen LogP contribution >= 0.6 is 0 Å². The van der Waals surface area contributed by atoms with Crippen LogP contribution in [-0.4, -0.2) is 64.2 Å². The predicted octanol–water partition coefficient (Wildman–Crippen LogP) is 1.19. The molecule has 2 fully saturated rings. The molecule has 2 heterocycles. The zero-order valence-corrected chi connectivity index (χ0v) is 17.0. The third kappa shape index (κ3) is 4.60. The Morgan fingerprint density at radius 1 is 1.27 bits per heavy atom. The van der Waals surface area contributed by atoms with Gasteiger partial charge in [-0.3, -0.25) is 14.4 Å². The van der Waals surface area contributed by atoms with Crippen molar-refractivity contribution >= 4 is 17.6 Å². The molecule has 2 amide bonds. The highest BCUT2D eigenvalue weighted by Gasteiger charge is 2.49. The number of hydrazine groups is 1. The van der Waals surface area contributed by atoms with Crippen LogP contribution in [0.3, 0.4) is 0 Å². The Hall–Kier alpha value is -3.39. The van der Waals surface area contributed by atoms with E-state index in [1.807, 2.05) is 30.3 Å². The lowest BCUT2D eigenvalue weighted by atomic mass is 9.87. The minimum Gasteiger partial charge on any atom is -0.485 e. The zero-order valence-electron chi connectivity index (χ0n) is 17.0. The minimum absolute atomic E-state index is 0.0253. The molecule has 0 unspecified atom stereocenters. The number of carbonyl (C=O) groups excluding carboxylic acids is 3. The second-order valence-electron chi connectivity index (χ2n) is 7.33. The van der Waals surface area contributed by atoms with Crippen molar-refractivity contribution in [1.82, 2.24) is 20.2 Å². The van der Waals surface area contributed by atoms with Gasteiger partial charge in [0.2, 0.25) is 17.6 Å². The van der Waals surface area contributed by atoms with E-state index >= 15 is 0 Å². The van der Waals surface area contributed by atoms with E-state index in [-0.39, 0.29) is 43.2 Å². The second kappa shape index (κ2) is 8.96. The molecule has 3 rings (SSSR count). The Bertz CT molecular complexity index is 874. The van der Waals surface area contributed by atoms with Gasteiger partial charge in [0.15, 0.2) is 5.76 Å². The minimum atomic E-state index is -0.555. The van der Waals surface area contributed by atoms with Crippen molar-refractivity contribution in [2.75, 3.05) is 26.3 Å². The number of carbonyl (C=O) groups is 3. The summed E-state index contributed by atoms with van der Waals surface area (Å²) in [7, 11) is 0. The van der Waals surface area contributed by atoms with Crippen molar-refractivity contribution in [3.8, 4) is 0 Å². The van der Waals surface area contributed by atoms with Crippen LogP contribution in [0.25, 0.3) is 0 Å². The van der Waals surface area contributed by atoms with Crippen LogP contribution in [0.2, 0.25) is 0 Å². The maximum Gasteiger partial charge on any atom is 0.245 e. The number of nitrogens with zero attached hydrogens (tertiary/aromatic N) is 3. The largest absolute Gasteiger partial charge is 0.485 e. The van der Waals surface area contributed by atoms with Gasteiger partial charge in [-0.15, -0.1) is 6.58 Å². The van der Waals surface area contributed by atoms with Gasteiger partial charge in [-0.1, -0.05) is 43.0 Å². The fourth-order valence-corrected chi connectivity index (χ4v) is 3.36. The van der Waals surface area contributed by atoms with Crippen LogP contribution in [0.5, 0.6) is 0 Å². The summed E-state index contributed by atoms with van der Waals surface area (Å²) in [6.45, 7) is 10.4. The average Bonchev–Trinajstić information content (AvgIpc) is 2.71. The molecule has 0 aliphatic carbocycles. The maximum absolute atomic E-state index is 12.6. The molecular formula is C22H26N4O4. The van der Waals surface area contributed by atoms with Gasteiger partial charge in [0.1, 0.15) is 13.2 Å². The molecule has 1 N–H and O–H groups in total. The number of rotatable bonds is 8. The van der Waals surface area contributed by atoms with E-state index in [1.165, 1.54) is 19.2 Å². The van der Waals surface area contributed by atoms with Gasteiger partial charge in [0.25, 0.3) is 0 Å². The van der Waals surface area contributed by atoms with Crippen LogP contribution in [0.1, 0.15) is 12.5 Å². The molecule has 1 aromatic carbocycles. The van der Waals surface area contributed by atoms with E-state index in [2.05, 4.69) is 18.6 Å². The Balaban J connectivity index is 1.49. The first kappa shape index (κ1) is 21.3. The van der Waals surface area contributed by atoms with E-state index in [1.54, 1.807) is 20.9 Å². The van der Waals surface area contributed by atoms with Gasteiger partial charge >= 0.3 is 0 Å². The fraction of sp³-hybridized carbons (Fsp3) is 0.318. The number of hydrogen-bond donors (Lipinski definition) is 1. The molecule has 8 nitrogen and oxygen atoms in total. The van der Waals surface area contributed by atoms with Crippen molar-refractivity contribution in [1.29, 1.82) is 0 Å². The van der Waals surface area contributed by atoms with E-state index in [0.29, 0.717) is 13.1 Å². The molecule has 2 saturated heterocycles. The van der Waals surface area contributed by atoms with E-state index < -0.39 is 5.54 Å². The first-order chi connectivity index (χ1) is 14.3. The third-order valence-electron chi connectivity index (χ3n) is 5.27. The van der Waals surface area contributed by atoms with Crippen LogP contribution in [0.4, 0.5) is 0 Å². The Morgan fingerprint density at radius 3 is 2.57 bits per heavy atom. The van der Waals surface area contributed by atoms with Crippen molar-refractivity contribution in [2.24, 2.45) is 0 Å². The van der Waals surface area contributed by atoms with E-state index in [0.717, 1.165) is 5.56 Å². The van der Waals surface area contributed by atoms with Crippen LogP contribution < -0.4 is 5.43 Å². The van der Waals surface area contributed by atoms with Crippen molar-refractivity contribution in [2.45, 2.75) is 19.1 Å². The number of likely N-dealkylation sites (tertiary alicyclic amines) is 1. The van der Waals surface area contributed by atoms with Gasteiger partial charge in [0, 0.05) is 32.3 Å². The third-order valence-corrected chi connectivity index (χ3v) is 5.27. The Kier molecular flexibility index (Phi) is 6.37. The molecule has 8 heteroatoms. The van der Waals surface area contributed by atoms with E-state index in [9.17, 15) is 14.4 Å². The first-order valence-corrected chi connectivity index (χ1v) is 9.62. The molecular weight excluding hydrogens is 384 g/mol. The predicted molar refractivity (Wildman–Crippen MR) is 111 cm³/mol. The number of hydrogen-bond acceptors (Lipinski definition) is 6. The normalized spacial score (nSPS) is 18.2. The van der Waals surface area contributed by atoms with Crippen molar-refractivity contribution in [3.05, 3.63) is 73.2 Å². The quantitative estimate of drug-likeness (QED) is 0.394. The van der Waals surface area contributed by atoms with Gasteiger partial charge in [0.05, 0.1) is 12.2 Å². The zero-order chi connectivity index (χ0) is 21.7. The molecule has 0 radical (unpaired) electrons. The standard InChI is InChI=1S/C22H26N4O4/c1-4-22(14-24(15-22)18(3)27)26-16-23-25(12-21(26)29)11-10-20(28)17(2)30-13-19-8-6-5-7-9-19/h4-11,23H,1-2,12-16H2,3H3/b11-10-. The summed E-state index contributed by atoms with van der Waals surface area (Å²) in [5.41, 5.74) is 3.47. The highest BCUT2D eigenvalue weighted by atomic mass is 16.5. The SMILES string of the molecule is C=CC1(N2CNN(/C=C\C(=O)C(=C)OCc3ccccc3)CC2=O)CN(C(C)=O)C1. The summed E-state index contributed by atoms with van der Waals surface area (Å²) in [5.74, 6) is -0.485. The summed E-state index contributed by atoms with van der Waals surface area (Å²) in [6, 6.07) is 9.49. The summed E-state index contributed by atoms with van der Waals surface area (Å²) < 4.78 is 5.43. The van der Waals surface area contributed by atoms with Gasteiger partial charge in [-0.05, 0) is 5.56 Å². The molecule has 30 heavy (non-hydrogen) atoms. The number of ether oxygens (including phenoxy) is 1. The number of allylic oxidation sites excluding steroid dienone is 1. The number of nitrogens with one attached hydrogen (secondary N) is 1. The van der Waals surface area contributed by atoms with Crippen LogP contribution in [-0.2, 0) is 25.7 Å². The lowest BCUT2D eigenvalue weighted by Gasteiger charge is -2.55. The number of ketones is 1. The topological polar surface area (TPSA) is 82.2 Å². The summed E-state index contributed by atoms with van der Waals surface area (Å²) in [5, 5.41) is 1.54. The van der Waals surface area contributed by atoms with Crippen molar-refractivity contribution < 1.29 is 19.1 Å². The van der Waals surface area contributed by atoms with Gasteiger partial charge in [-0.25, -0.2) is 5.43 Å². The van der Waals surface area contributed by atoms with Gasteiger partial charge in [-0.2, -0.15) is 0 Å². The second-order valence-corrected chi connectivity index (χ2v) is 7.33. The van der Waals surface area contributed by atoms with Gasteiger partial charge < -0.3 is 19.5 Å². The molecule has 0 spiro atoms. The fourth-order valence-electron chi connectivity index (χ4n) is 3.36. The van der Waals surface area contributed by atoms with Crippen molar-refractivity contribution in [3.63, 3.8) is 0 Å². The monoisotopic (exact) mass is 410 g/mol. The molecule has 0 atom stereocenters. The molecule has 1 aromatic rings. The molecule has 2 aliphatic rings. The summed E-state index contributed by atoms with van der Waals surface area (Å²) in [6.07, 6.45) is 4.53. The first-order valence-electron chi connectivity index (χ1n) is 9.62. The highest BCUT2D eigenvalue weighted by molar-refractivity contribution is 6.01. The Morgan fingerprint density at radius 2 is 1.97 bits per heavy atom. The van der Waals surface area contributed by atoms with Crippen LogP contribution in [0, 0.1) is 0 Å². The summed E-state index contributed by atoms with van der Waals surface area (Å²) in [4.78, 5) is 39.7. The molecule has 0 saturated carbocycles. The molecule has 0 bridgehead atoms. The highest BCUT2D eigenvalue weighted by Crippen LogP contribution is 2.30. The van der Waals surface area contributed by atoms with Crippen LogP contribution in [0.15, 0.2) is 67.6 Å². The number of benzene rings is 1. The lowest BCUT2D eigenvalue weighted by Crippen LogP contribution is -2.74. The lowest BCUT2D eigenvalue weighted by molar-refractivity contribution is -0.158. The number of amides is 2. The Labute approximate surface area is 176 Å². The van der Waals surface area contributed by atoms with E-state index in [4.69, 9.17) is 4.74 Å². The summed E-state index contributed by atoms with van der Waals surface area (Å²) >= 11 is 0.